The molecule has 1 aliphatic heterocycles. The number of nitrogens with two attached hydrogens (primary N) is 1. The van der Waals surface area contributed by atoms with Crippen LogP contribution in [0.25, 0.3) is 0 Å². The van der Waals surface area contributed by atoms with E-state index in [1.165, 1.54) is 25.7 Å². The molecular weight excluding hydrogens is 252 g/mol. The summed E-state index contributed by atoms with van der Waals surface area (Å²) in [6, 6.07) is 0.326. The standard InChI is InChI=1S/C16H30N2O2/c1-16(2,3)20-15(19)18-10-6-7-12(11-18)13-8-4-5-9-14(13)17/h12-14H,4-11,17H2,1-3H3/t12-,13-,14+/m1/s1. The highest BCUT2D eigenvalue weighted by molar-refractivity contribution is 5.68. The molecule has 4 nitrogen and oxygen atoms in total. The van der Waals surface area contributed by atoms with Crippen molar-refractivity contribution in [3.8, 4) is 0 Å². The van der Waals surface area contributed by atoms with Crippen LogP contribution < -0.4 is 5.73 Å². The summed E-state index contributed by atoms with van der Waals surface area (Å²) < 4.78 is 5.50. The van der Waals surface area contributed by atoms with E-state index in [0.717, 1.165) is 25.9 Å². The smallest absolute Gasteiger partial charge is 0.410 e. The highest BCUT2D eigenvalue weighted by Gasteiger charge is 2.35. The summed E-state index contributed by atoms with van der Waals surface area (Å²) in [4.78, 5) is 14.1. The SMILES string of the molecule is CC(C)(C)OC(=O)N1CCC[C@@H]([C@H]2CCCC[C@@H]2N)C1. The van der Waals surface area contributed by atoms with Crippen LogP contribution in [-0.4, -0.2) is 35.7 Å². The summed E-state index contributed by atoms with van der Waals surface area (Å²) in [5.41, 5.74) is 5.89. The van der Waals surface area contributed by atoms with E-state index in [0.29, 0.717) is 17.9 Å². The molecule has 1 heterocycles. The lowest BCUT2D eigenvalue weighted by molar-refractivity contribution is 0.0103. The number of hydrogen-bond donors (Lipinski definition) is 1. The third-order valence-electron chi connectivity index (χ3n) is 4.59. The van der Waals surface area contributed by atoms with Gasteiger partial charge in [0.2, 0.25) is 0 Å². The van der Waals surface area contributed by atoms with Crippen molar-refractivity contribution >= 4 is 6.09 Å². The molecule has 0 aromatic rings. The molecule has 4 heteroatoms. The highest BCUT2D eigenvalue weighted by atomic mass is 16.6. The van der Waals surface area contributed by atoms with Crippen molar-refractivity contribution in [1.29, 1.82) is 0 Å². The first-order valence-electron chi connectivity index (χ1n) is 8.10. The number of amides is 1. The molecule has 3 atom stereocenters. The number of likely N-dealkylation sites (tertiary alicyclic amines) is 1. The number of ether oxygens (including phenoxy) is 1. The Morgan fingerprint density at radius 1 is 1.15 bits per heavy atom. The van der Waals surface area contributed by atoms with Gasteiger partial charge in [0.15, 0.2) is 0 Å². The van der Waals surface area contributed by atoms with Gasteiger partial charge in [-0.2, -0.15) is 0 Å². The van der Waals surface area contributed by atoms with Crippen molar-refractivity contribution in [3.05, 3.63) is 0 Å². The zero-order valence-corrected chi connectivity index (χ0v) is 13.2. The largest absolute Gasteiger partial charge is 0.444 e. The second kappa shape index (κ2) is 6.33. The number of rotatable bonds is 1. The summed E-state index contributed by atoms with van der Waals surface area (Å²) in [6.45, 7) is 7.41. The zero-order chi connectivity index (χ0) is 14.8. The van der Waals surface area contributed by atoms with Crippen molar-refractivity contribution in [2.45, 2.75) is 70.9 Å². The molecule has 0 aromatic heterocycles. The predicted octanol–water partition coefficient (Wildman–Crippen LogP) is 3.15. The van der Waals surface area contributed by atoms with Crippen LogP contribution in [0.3, 0.4) is 0 Å². The molecule has 0 spiro atoms. The van der Waals surface area contributed by atoms with E-state index in [9.17, 15) is 4.79 Å². The first-order valence-corrected chi connectivity index (χ1v) is 8.10. The average molecular weight is 282 g/mol. The monoisotopic (exact) mass is 282 g/mol. The molecular formula is C16H30N2O2. The second-order valence-electron chi connectivity index (χ2n) is 7.44. The lowest BCUT2D eigenvalue weighted by Crippen LogP contribution is -2.48. The van der Waals surface area contributed by atoms with Crippen molar-refractivity contribution in [2.75, 3.05) is 13.1 Å². The second-order valence-corrected chi connectivity index (χ2v) is 7.44. The quantitative estimate of drug-likeness (QED) is 0.803. The molecule has 2 N–H and O–H groups in total. The van der Waals surface area contributed by atoms with Crippen LogP contribution in [0.5, 0.6) is 0 Å². The Morgan fingerprint density at radius 3 is 2.50 bits per heavy atom. The van der Waals surface area contributed by atoms with Gasteiger partial charge in [0.05, 0.1) is 0 Å². The van der Waals surface area contributed by atoms with E-state index >= 15 is 0 Å². The summed E-state index contributed by atoms with van der Waals surface area (Å²) in [5, 5.41) is 0. The maximum Gasteiger partial charge on any atom is 0.410 e. The van der Waals surface area contributed by atoms with E-state index in [4.69, 9.17) is 10.5 Å². The van der Waals surface area contributed by atoms with Crippen LogP contribution in [0, 0.1) is 11.8 Å². The fourth-order valence-corrected chi connectivity index (χ4v) is 3.63. The number of piperidine rings is 1. The first kappa shape index (κ1) is 15.6. The van der Waals surface area contributed by atoms with Crippen molar-refractivity contribution in [3.63, 3.8) is 0 Å². The number of nitrogens with zero attached hydrogens (tertiary/aromatic N) is 1. The molecule has 2 fully saturated rings. The third kappa shape index (κ3) is 4.11. The number of carbonyl (C=O) groups excluding carboxylic acids is 1. The Labute approximate surface area is 123 Å². The lowest BCUT2D eigenvalue weighted by Gasteiger charge is -2.41. The first-order chi connectivity index (χ1) is 9.37. The fraction of sp³-hybridized carbons (Fsp3) is 0.938. The van der Waals surface area contributed by atoms with Gasteiger partial charge >= 0.3 is 6.09 Å². The van der Waals surface area contributed by atoms with Crippen molar-refractivity contribution in [1.82, 2.24) is 4.90 Å². The fourth-order valence-electron chi connectivity index (χ4n) is 3.63. The molecule has 0 unspecified atom stereocenters. The topological polar surface area (TPSA) is 55.6 Å². The molecule has 116 valence electrons. The summed E-state index contributed by atoms with van der Waals surface area (Å²) >= 11 is 0. The Balaban J connectivity index is 1.92. The zero-order valence-electron chi connectivity index (χ0n) is 13.2. The van der Waals surface area contributed by atoms with Gasteiger partial charge in [-0.25, -0.2) is 4.79 Å². The summed E-state index contributed by atoms with van der Waals surface area (Å²) in [5.74, 6) is 1.15. The van der Waals surface area contributed by atoms with Crippen LogP contribution >= 0.6 is 0 Å². The maximum absolute atomic E-state index is 12.2. The molecule has 20 heavy (non-hydrogen) atoms. The molecule has 1 saturated heterocycles. The van der Waals surface area contributed by atoms with Gasteiger partial charge in [-0.1, -0.05) is 12.8 Å². The minimum Gasteiger partial charge on any atom is -0.444 e. The summed E-state index contributed by atoms with van der Waals surface area (Å²) in [7, 11) is 0. The molecule has 1 aliphatic carbocycles. The van der Waals surface area contributed by atoms with Gasteiger partial charge in [-0.05, 0) is 58.3 Å². The van der Waals surface area contributed by atoms with Gasteiger partial charge in [0, 0.05) is 19.1 Å². The van der Waals surface area contributed by atoms with Gasteiger partial charge in [-0.15, -0.1) is 0 Å². The van der Waals surface area contributed by atoms with Crippen LogP contribution in [0.1, 0.15) is 59.3 Å². The minimum absolute atomic E-state index is 0.161. The Kier molecular flexibility index (Phi) is 4.95. The van der Waals surface area contributed by atoms with E-state index in [-0.39, 0.29) is 6.09 Å². The van der Waals surface area contributed by atoms with Gasteiger partial charge < -0.3 is 15.4 Å². The normalized spacial score (nSPS) is 32.0. The van der Waals surface area contributed by atoms with Crippen LogP contribution in [0.2, 0.25) is 0 Å². The maximum atomic E-state index is 12.2. The van der Waals surface area contributed by atoms with Gasteiger partial charge in [0.1, 0.15) is 5.60 Å². The highest BCUT2D eigenvalue weighted by Crippen LogP contribution is 2.34. The van der Waals surface area contributed by atoms with Gasteiger partial charge in [0.25, 0.3) is 0 Å². The van der Waals surface area contributed by atoms with E-state index in [1.54, 1.807) is 0 Å². The van der Waals surface area contributed by atoms with E-state index in [1.807, 2.05) is 25.7 Å². The minimum atomic E-state index is -0.411. The molecule has 1 amide bonds. The Morgan fingerprint density at radius 2 is 1.85 bits per heavy atom. The summed E-state index contributed by atoms with van der Waals surface area (Å²) in [6.07, 6.45) is 7.06. The van der Waals surface area contributed by atoms with Crippen molar-refractivity contribution in [2.24, 2.45) is 17.6 Å². The molecule has 0 aromatic carbocycles. The Bertz CT molecular complexity index is 338. The molecule has 2 rings (SSSR count). The third-order valence-corrected chi connectivity index (χ3v) is 4.59. The van der Waals surface area contributed by atoms with Gasteiger partial charge in [-0.3, -0.25) is 0 Å². The van der Waals surface area contributed by atoms with Crippen LogP contribution in [-0.2, 0) is 4.74 Å². The van der Waals surface area contributed by atoms with Crippen molar-refractivity contribution < 1.29 is 9.53 Å². The average Bonchev–Trinajstić information content (AvgIpc) is 2.37. The van der Waals surface area contributed by atoms with E-state index in [2.05, 4.69) is 0 Å². The molecule has 1 saturated carbocycles. The molecule has 0 bridgehead atoms. The van der Waals surface area contributed by atoms with Crippen LogP contribution in [0.15, 0.2) is 0 Å². The van der Waals surface area contributed by atoms with Crippen LogP contribution in [0.4, 0.5) is 4.79 Å². The Hall–Kier alpha value is -0.770. The van der Waals surface area contributed by atoms with E-state index < -0.39 is 5.60 Å². The predicted molar refractivity (Wildman–Crippen MR) is 80.5 cm³/mol. The lowest BCUT2D eigenvalue weighted by atomic mass is 9.74. The number of carbonyl (C=O) groups is 1. The molecule has 0 radical (unpaired) electrons. The number of hydrogen-bond acceptors (Lipinski definition) is 3. The molecule has 2 aliphatic rings.